The maximum atomic E-state index is 6.53. The van der Waals surface area contributed by atoms with E-state index in [4.69, 9.17) is 18.6 Å². The average molecular weight is 469 g/mol. The lowest BCUT2D eigenvalue weighted by molar-refractivity contribution is 0.125. The van der Waals surface area contributed by atoms with Crippen LogP contribution in [0.3, 0.4) is 0 Å². The van der Waals surface area contributed by atoms with Crippen LogP contribution in [0.1, 0.15) is 38.3 Å². The topological polar surface area (TPSA) is 36.9 Å². The predicted molar refractivity (Wildman–Crippen MR) is 139 cm³/mol. The van der Waals surface area contributed by atoms with Crippen molar-refractivity contribution in [3.8, 4) is 11.5 Å². The van der Waals surface area contributed by atoms with Gasteiger partial charge >= 0.3 is 0 Å². The molecule has 0 aliphatic rings. The molecule has 4 nitrogen and oxygen atoms in total. The molecule has 0 aromatic heterocycles. The van der Waals surface area contributed by atoms with Gasteiger partial charge in [0.25, 0.3) is 0 Å². The molecule has 2 rings (SSSR count). The number of hydrogen-bond acceptors (Lipinski definition) is 4. The molecule has 0 bridgehead atoms. The number of methoxy groups -OCH3 is 2. The SMILES string of the molecule is C=C(O[Si](C)(C)C(C)(C)C)/C(=C/CCOCc1ccc(OC)cc1)Cc1ccc(OC)cc1. The first-order valence-electron chi connectivity index (χ1n) is 11.5. The van der Waals surface area contributed by atoms with Gasteiger partial charge in [0.15, 0.2) is 0 Å². The van der Waals surface area contributed by atoms with Gasteiger partial charge in [-0.25, -0.2) is 0 Å². The maximum absolute atomic E-state index is 6.53. The zero-order valence-electron chi connectivity index (χ0n) is 21.4. The molecule has 0 unspecified atom stereocenters. The number of benzene rings is 2. The smallest absolute Gasteiger partial charge is 0.250 e. The van der Waals surface area contributed by atoms with E-state index in [1.54, 1.807) is 14.2 Å². The van der Waals surface area contributed by atoms with Gasteiger partial charge in [-0.15, -0.1) is 0 Å². The van der Waals surface area contributed by atoms with Crippen molar-refractivity contribution in [3.05, 3.63) is 83.6 Å². The summed E-state index contributed by atoms with van der Waals surface area (Å²) in [4.78, 5) is 0. The summed E-state index contributed by atoms with van der Waals surface area (Å²) in [6.45, 7) is 16.7. The minimum absolute atomic E-state index is 0.114. The fourth-order valence-electron chi connectivity index (χ4n) is 3.00. The van der Waals surface area contributed by atoms with Crippen molar-refractivity contribution in [1.82, 2.24) is 0 Å². The second-order valence-electron chi connectivity index (χ2n) is 9.73. The second-order valence-corrected chi connectivity index (χ2v) is 14.5. The number of allylic oxidation sites excluding steroid dienone is 1. The van der Waals surface area contributed by atoms with E-state index in [9.17, 15) is 0 Å². The van der Waals surface area contributed by atoms with Crippen LogP contribution >= 0.6 is 0 Å². The minimum atomic E-state index is -1.97. The van der Waals surface area contributed by atoms with Crippen LogP contribution in [0.25, 0.3) is 0 Å². The van der Waals surface area contributed by atoms with Crippen LogP contribution in [0, 0.1) is 0 Å². The lowest BCUT2D eigenvalue weighted by atomic mass is 10.0. The Kier molecular flexibility index (Phi) is 9.81. The summed E-state index contributed by atoms with van der Waals surface area (Å²) < 4.78 is 22.9. The highest BCUT2D eigenvalue weighted by atomic mass is 28.4. The summed E-state index contributed by atoms with van der Waals surface area (Å²) in [5.41, 5.74) is 3.43. The van der Waals surface area contributed by atoms with Gasteiger partial charge in [-0.3, -0.25) is 0 Å². The highest BCUT2D eigenvalue weighted by molar-refractivity contribution is 6.74. The number of hydrogen-bond donors (Lipinski definition) is 0. The van der Waals surface area contributed by atoms with Gasteiger partial charge in [-0.2, -0.15) is 0 Å². The normalized spacial score (nSPS) is 12.4. The number of ether oxygens (including phenoxy) is 3. The molecule has 0 radical (unpaired) electrons. The fourth-order valence-corrected chi connectivity index (χ4v) is 4.06. The van der Waals surface area contributed by atoms with Gasteiger partial charge in [0.1, 0.15) is 11.5 Å². The Bertz CT molecular complexity index is 906. The fraction of sp³-hybridized carbons (Fsp3) is 0.429. The molecular weight excluding hydrogens is 428 g/mol. The molecule has 0 fully saturated rings. The summed E-state index contributed by atoms with van der Waals surface area (Å²) in [7, 11) is 1.38. The van der Waals surface area contributed by atoms with Crippen molar-refractivity contribution < 1.29 is 18.6 Å². The Morgan fingerprint density at radius 2 is 1.39 bits per heavy atom. The van der Waals surface area contributed by atoms with E-state index in [-0.39, 0.29) is 5.04 Å². The summed E-state index contributed by atoms with van der Waals surface area (Å²) in [6, 6.07) is 16.1. The van der Waals surface area contributed by atoms with Gasteiger partial charge < -0.3 is 18.6 Å². The zero-order chi connectivity index (χ0) is 24.5. The molecule has 0 spiro atoms. The van der Waals surface area contributed by atoms with Crippen molar-refractivity contribution >= 4 is 8.32 Å². The first kappa shape index (κ1) is 26.7. The Labute approximate surface area is 201 Å². The van der Waals surface area contributed by atoms with Crippen LogP contribution in [0.2, 0.25) is 18.1 Å². The van der Waals surface area contributed by atoms with Crippen LogP contribution in [0.4, 0.5) is 0 Å². The third-order valence-electron chi connectivity index (χ3n) is 6.18. The second kappa shape index (κ2) is 12.1. The summed E-state index contributed by atoms with van der Waals surface area (Å²) in [5, 5.41) is 0.114. The first-order chi connectivity index (χ1) is 15.6. The Morgan fingerprint density at radius 3 is 1.88 bits per heavy atom. The van der Waals surface area contributed by atoms with Gasteiger partial charge in [-0.1, -0.05) is 57.7 Å². The van der Waals surface area contributed by atoms with E-state index < -0.39 is 8.32 Å². The van der Waals surface area contributed by atoms with Gasteiger partial charge in [0.05, 0.1) is 33.2 Å². The Morgan fingerprint density at radius 1 is 0.879 bits per heavy atom. The van der Waals surface area contributed by atoms with Crippen LogP contribution in [0.5, 0.6) is 11.5 Å². The molecule has 0 saturated heterocycles. The maximum Gasteiger partial charge on any atom is 0.250 e. The van der Waals surface area contributed by atoms with E-state index in [0.29, 0.717) is 13.2 Å². The molecule has 2 aromatic carbocycles. The number of rotatable bonds is 12. The van der Waals surface area contributed by atoms with E-state index in [1.165, 1.54) is 5.56 Å². The van der Waals surface area contributed by atoms with Crippen molar-refractivity contribution in [2.75, 3.05) is 20.8 Å². The molecule has 0 N–H and O–H groups in total. The molecule has 2 aromatic rings. The van der Waals surface area contributed by atoms with E-state index in [0.717, 1.165) is 41.2 Å². The molecule has 0 aliphatic carbocycles. The van der Waals surface area contributed by atoms with E-state index >= 15 is 0 Å². The van der Waals surface area contributed by atoms with Gasteiger partial charge in [-0.05, 0) is 65.5 Å². The largest absolute Gasteiger partial charge is 0.544 e. The molecule has 33 heavy (non-hydrogen) atoms. The molecule has 0 saturated carbocycles. The standard InChI is InChI=1S/C28H40O4Si/c1-22(32-33(7,8)28(2,3)4)25(20-23-11-15-26(29-5)16-12-23)10-9-19-31-21-24-13-17-27(30-6)18-14-24/h10-18H,1,9,19-21H2,2-8H3/b25-10+. The van der Waals surface area contributed by atoms with Crippen molar-refractivity contribution in [3.63, 3.8) is 0 Å². The molecule has 0 aliphatic heterocycles. The quantitative estimate of drug-likeness (QED) is 0.142. The zero-order valence-corrected chi connectivity index (χ0v) is 22.4. The van der Waals surface area contributed by atoms with Crippen molar-refractivity contribution in [2.24, 2.45) is 0 Å². The molecule has 180 valence electrons. The van der Waals surface area contributed by atoms with E-state index in [1.807, 2.05) is 36.4 Å². The molecule has 0 amide bonds. The third-order valence-corrected chi connectivity index (χ3v) is 10.5. The third kappa shape index (κ3) is 8.41. The molecule has 0 heterocycles. The first-order valence-corrected chi connectivity index (χ1v) is 14.4. The molecule has 0 atom stereocenters. The van der Waals surface area contributed by atoms with Crippen LogP contribution in [0.15, 0.2) is 72.5 Å². The van der Waals surface area contributed by atoms with Crippen LogP contribution in [-0.2, 0) is 22.2 Å². The highest BCUT2D eigenvalue weighted by Gasteiger charge is 2.39. The molecular formula is C28H40O4Si. The molecule has 5 heteroatoms. The lowest BCUT2D eigenvalue weighted by Gasteiger charge is -2.37. The van der Waals surface area contributed by atoms with Crippen LogP contribution < -0.4 is 9.47 Å². The monoisotopic (exact) mass is 468 g/mol. The summed E-state index contributed by atoms with van der Waals surface area (Å²) >= 11 is 0. The van der Waals surface area contributed by atoms with Gasteiger partial charge in [0.2, 0.25) is 8.32 Å². The Balaban J connectivity index is 2.04. The summed E-state index contributed by atoms with van der Waals surface area (Å²) in [6.07, 6.45) is 3.76. The average Bonchev–Trinajstić information content (AvgIpc) is 2.77. The van der Waals surface area contributed by atoms with Crippen molar-refractivity contribution in [1.29, 1.82) is 0 Å². The van der Waals surface area contributed by atoms with Gasteiger partial charge in [0, 0.05) is 6.42 Å². The van der Waals surface area contributed by atoms with E-state index in [2.05, 4.69) is 58.7 Å². The highest BCUT2D eigenvalue weighted by Crippen LogP contribution is 2.39. The predicted octanol–water partition coefficient (Wildman–Crippen LogP) is 7.32. The lowest BCUT2D eigenvalue weighted by Crippen LogP contribution is -2.40. The summed E-state index contributed by atoms with van der Waals surface area (Å²) in [5.74, 6) is 2.48. The van der Waals surface area contributed by atoms with Crippen molar-refractivity contribution in [2.45, 2.75) is 58.4 Å². The minimum Gasteiger partial charge on any atom is -0.544 e. The van der Waals surface area contributed by atoms with Crippen LogP contribution in [-0.4, -0.2) is 29.1 Å². The Hall–Kier alpha value is -2.50.